The summed E-state index contributed by atoms with van der Waals surface area (Å²) in [5.41, 5.74) is 2.37. The molecule has 0 saturated carbocycles. The van der Waals surface area contributed by atoms with E-state index in [1.807, 2.05) is 26.0 Å². The molecule has 1 N–H and O–H groups in total. The molecule has 2 aromatic carbocycles. The summed E-state index contributed by atoms with van der Waals surface area (Å²) in [5, 5.41) is 2.78. The molecule has 2 aromatic rings. The Kier molecular flexibility index (Phi) is 6.02. The smallest absolute Gasteiger partial charge is 0.248 e. The van der Waals surface area contributed by atoms with Crippen LogP contribution < -0.4 is 9.62 Å². The summed E-state index contributed by atoms with van der Waals surface area (Å²) in [6, 6.07) is 9.94. The van der Waals surface area contributed by atoms with Gasteiger partial charge in [-0.2, -0.15) is 0 Å². The standard InChI is InChI=1S/C19H23FN2O3S/c1-5-17(19(23)21-16-11-8-9-13(2)14(16)3)22(26(4,24)25)18-12-7-6-10-15(18)20/h6-12,17H,5H2,1-4H3,(H,21,23)/t17-/m0/s1. The van der Waals surface area contributed by atoms with Gasteiger partial charge in [-0.05, 0) is 49.6 Å². The molecule has 0 aliphatic carbocycles. The van der Waals surface area contributed by atoms with Crippen LogP contribution in [0.15, 0.2) is 42.5 Å². The summed E-state index contributed by atoms with van der Waals surface area (Å²) in [6.45, 7) is 5.48. The lowest BCUT2D eigenvalue weighted by atomic mass is 10.1. The van der Waals surface area contributed by atoms with Crippen LogP contribution in [0.3, 0.4) is 0 Å². The van der Waals surface area contributed by atoms with Gasteiger partial charge in [0.1, 0.15) is 11.9 Å². The molecule has 0 heterocycles. The van der Waals surface area contributed by atoms with E-state index in [9.17, 15) is 17.6 Å². The Morgan fingerprint density at radius 2 is 1.81 bits per heavy atom. The number of rotatable bonds is 6. The van der Waals surface area contributed by atoms with E-state index in [1.54, 1.807) is 13.0 Å². The Balaban J connectivity index is 2.44. The number of benzene rings is 2. The largest absolute Gasteiger partial charge is 0.324 e. The van der Waals surface area contributed by atoms with Crippen molar-refractivity contribution < 1.29 is 17.6 Å². The number of carbonyl (C=O) groups excluding carboxylic acids is 1. The van der Waals surface area contributed by atoms with Crippen LogP contribution in [-0.2, 0) is 14.8 Å². The maximum atomic E-state index is 14.2. The van der Waals surface area contributed by atoms with Crippen LogP contribution in [0.25, 0.3) is 0 Å². The molecular formula is C19H23FN2O3S. The van der Waals surface area contributed by atoms with Crippen molar-refractivity contribution in [2.45, 2.75) is 33.2 Å². The van der Waals surface area contributed by atoms with Crippen molar-refractivity contribution in [3.05, 3.63) is 59.4 Å². The molecule has 0 radical (unpaired) electrons. The average molecular weight is 378 g/mol. The van der Waals surface area contributed by atoms with Gasteiger partial charge < -0.3 is 5.32 Å². The van der Waals surface area contributed by atoms with Crippen molar-refractivity contribution in [1.29, 1.82) is 0 Å². The zero-order valence-corrected chi connectivity index (χ0v) is 16.1. The third-order valence-electron chi connectivity index (χ3n) is 4.28. The zero-order valence-electron chi connectivity index (χ0n) is 15.3. The first kappa shape index (κ1) is 19.9. The number of hydrogen-bond donors (Lipinski definition) is 1. The first-order valence-corrected chi connectivity index (χ1v) is 10.1. The molecule has 140 valence electrons. The molecule has 0 aliphatic heterocycles. The van der Waals surface area contributed by atoms with Crippen molar-refractivity contribution in [1.82, 2.24) is 0 Å². The lowest BCUT2D eigenvalue weighted by Gasteiger charge is -2.30. The van der Waals surface area contributed by atoms with E-state index in [0.717, 1.165) is 21.7 Å². The predicted molar refractivity (Wildman–Crippen MR) is 102 cm³/mol. The lowest BCUT2D eigenvalue weighted by molar-refractivity contribution is -0.117. The second-order valence-electron chi connectivity index (χ2n) is 6.17. The maximum Gasteiger partial charge on any atom is 0.248 e. The molecule has 1 atom stereocenters. The Labute approximate surface area is 153 Å². The van der Waals surface area contributed by atoms with Crippen LogP contribution in [-0.4, -0.2) is 26.6 Å². The van der Waals surface area contributed by atoms with Gasteiger partial charge in [0.05, 0.1) is 11.9 Å². The van der Waals surface area contributed by atoms with Crippen LogP contribution >= 0.6 is 0 Å². The molecule has 1 amide bonds. The van der Waals surface area contributed by atoms with Gasteiger partial charge in [-0.25, -0.2) is 12.8 Å². The van der Waals surface area contributed by atoms with Crippen LogP contribution in [0.4, 0.5) is 15.8 Å². The Hall–Kier alpha value is -2.41. The molecule has 0 aromatic heterocycles. The normalized spacial score (nSPS) is 12.5. The molecule has 0 spiro atoms. The Bertz CT molecular complexity index is 913. The summed E-state index contributed by atoms with van der Waals surface area (Å²) in [7, 11) is -3.87. The molecule has 0 aliphatic rings. The number of nitrogens with one attached hydrogen (secondary N) is 1. The quantitative estimate of drug-likeness (QED) is 0.835. The van der Waals surface area contributed by atoms with E-state index in [2.05, 4.69) is 5.32 Å². The van der Waals surface area contributed by atoms with Crippen LogP contribution in [0.2, 0.25) is 0 Å². The number of para-hydroxylation sites is 1. The van der Waals surface area contributed by atoms with Gasteiger partial charge in [-0.15, -0.1) is 0 Å². The predicted octanol–water partition coefficient (Wildman–Crippen LogP) is 3.63. The first-order chi connectivity index (χ1) is 12.2. The van der Waals surface area contributed by atoms with E-state index in [1.165, 1.54) is 24.3 Å². The van der Waals surface area contributed by atoms with E-state index < -0.39 is 27.8 Å². The van der Waals surface area contributed by atoms with Gasteiger partial charge in [-0.1, -0.05) is 31.2 Å². The van der Waals surface area contributed by atoms with Crippen LogP contribution in [0, 0.1) is 19.7 Å². The van der Waals surface area contributed by atoms with E-state index in [0.29, 0.717) is 5.69 Å². The molecule has 0 bridgehead atoms. The van der Waals surface area contributed by atoms with E-state index in [4.69, 9.17) is 0 Å². The second-order valence-corrected chi connectivity index (χ2v) is 8.03. The van der Waals surface area contributed by atoms with Crippen molar-refractivity contribution in [3.63, 3.8) is 0 Å². The number of sulfonamides is 1. The van der Waals surface area contributed by atoms with Gasteiger partial charge in [0.15, 0.2) is 0 Å². The molecule has 2 rings (SSSR count). The third-order valence-corrected chi connectivity index (χ3v) is 5.45. The highest BCUT2D eigenvalue weighted by Gasteiger charge is 2.33. The summed E-state index contributed by atoms with van der Waals surface area (Å²) in [6.07, 6.45) is 1.16. The van der Waals surface area contributed by atoms with E-state index >= 15 is 0 Å². The fraction of sp³-hybridized carbons (Fsp3) is 0.316. The Morgan fingerprint density at radius 3 is 2.38 bits per heavy atom. The number of hydrogen-bond acceptors (Lipinski definition) is 3. The average Bonchev–Trinajstić information content (AvgIpc) is 2.56. The molecule has 0 saturated heterocycles. The fourth-order valence-electron chi connectivity index (χ4n) is 2.77. The van der Waals surface area contributed by atoms with E-state index in [-0.39, 0.29) is 12.1 Å². The molecule has 7 heteroatoms. The van der Waals surface area contributed by atoms with Gasteiger partial charge >= 0.3 is 0 Å². The second kappa shape index (κ2) is 7.86. The topological polar surface area (TPSA) is 66.5 Å². The molecular weight excluding hydrogens is 355 g/mol. The molecule has 5 nitrogen and oxygen atoms in total. The SMILES string of the molecule is CC[C@@H](C(=O)Nc1cccc(C)c1C)N(c1ccccc1F)S(C)(=O)=O. The summed E-state index contributed by atoms with van der Waals surface area (Å²) in [4.78, 5) is 12.8. The highest BCUT2D eigenvalue weighted by Crippen LogP contribution is 2.26. The Morgan fingerprint density at radius 1 is 1.15 bits per heavy atom. The van der Waals surface area contributed by atoms with Gasteiger partial charge in [-0.3, -0.25) is 9.10 Å². The summed E-state index contributed by atoms with van der Waals surface area (Å²) < 4.78 is 39.8. The number of nitrogens with zero attached hydrogens (tertiary/aromatic N) is 1. The highest BCUT2D eigenvalue weighted by molar-refractivity contribution is 7.92. The third kappa shape index (κ3) is 4.22. The van der Waals surface area contributed by atoms with Crippen LogP contribution in [0.5, 0.6) is 0 Å². The highest BCUT2D eigenvalue weighted by atomic mass is 32.2. The minimum atomic E-state index is -3.87. The number of halogens is 1. The monoisotopic (exact) mass is 378 g/mol. The van der Waals surface area contributed by atoms with Crippen molar-refractivity contribution >= 4 is 27.3 Å². The number of anilines is 2. The molecule has 26 heavy (non-hydrogen) atoms. The van der Waals surface area contributed by atoms with Crippen molar-refractivity contribution in [3.8, 4) is 0 Å². The minimum Gasteiger partial charge on any atom is -0.324 e. The molecule has 0 unspecified atom stereocenters. The van der Waals surface area contributed by atoms with Crippen molar-refractivity contribution in [2.24, 2.45) is 0 Å². The number of aryl methyl sites for hydroxylation is 1. The van der Waals surface area contributed by atoms with Crippen LogP contribution in [0.1, 0.15) is 24.5 Å². The number of amides is 1. The summed E-state index contributed by atoms with van der Waals surface area (Å²) >= 11 is 0. The van der Waals surface area contributed by atoms with Crippen molar-refractivity contribution in [2.75, 3.05) is 15.9 Å². The number of carbonyl (C=O) groups is 1. The fourth-order valence-corrected chi connectivity index (χ4v) is 3.98. The lowest BCUT2D eigenvalue weighted by Crippen LogP contribution is -2.47. The zero-order chi connectivity index (χ0) is 19.5. The van der Waals surface area contributed by atoms with Gasteiger partial charge in [0, 0.05) is 5.69 Å². The molecule has 0 fully saturated rings. The summed E-state index contributed by atoms with van der Waals surface area (Å²) in [5.74, 6) is -1.20. The van der Waals surface area contributed by atoms with Gasteiger partial charge in [0.2, 0.25) is 15.9 Å². The minimum absolute atomic E-state index is 0.141. The maximum absolute atomic E-state index is 14.2. The van der Waals surface area contributed by atoms with Gasteiger partial charge in [0.25, 0.3) is 0 Å². The first-order valence-electron chi connectivity index (χ1n) is 8.27.